The zero-order valence-electron chi connectivity index (χ0n) is 8.04. The maximum Gasteiger partial charge on any atom is 0.449 e. The van der Waals surface area contributed by atoms with Gasteiger partial charge in [-0.15, -0.1) is 0 Å². The molecule has 16 heavy (non-hydrogen) atoms. The number of benzene rings is 1. The normalized spacial score (nSPS) is 11.5. The molecule has 0 heterocycles. The van der Waals surface area contributed by atoms with E-state index in [1.165, 1.54) is 6.92 Å². The molecule has 1 aromatic carbocycles. The van der Waals surface area contributed by atoms with Gasteiger partial charge in [-0.3, -0.25) is 0 Å². The molecule has 8 heteroatoms. The highest BCUT2D eigenvalue weighted by molar-refractivity contribution is 7.82. The van der Waals surface area contributed by atoms with Crippen LogP contribution in [-0.4, -0.2) is 15.0 Å². The van der Waals surface area contributed by atoms with E-state index >= 15 is 0 Å². The van der Waals surface area contributed by atoms with Crippen LogP contribution in [0.4, 0.5) is 13.2 Å². The quantitative estimate of drug-likeness (QED) is 0.823. The van der Waals surface area contributed by atoms with Crippen LogP contribution >= 0.6 is 0 Å². The first-order valence-electron chi connectivity index (χ1n) is 4.09. The first kappa shape index (κ1) is 12.8. The van der Waals surface area contributed by atoms with Crippen molar-refractivity contribution < 1.29 is 30.0 Å². The first-order valence-corrected chi connectivity index (χ1v) is 5.42. The molecule has 4 nitrogen and oxygen atoms in total. The van der Waals surface area contributed by atoms with Crippen LogP contribution in [0.3, 0.4) is 0 Å². The summed E-state index contributed by atoms with van der Waals surface area (Å²) >= 11 is 0. The van der Waals surface area contributed by atoms with Crippen LogP contribution in [0.2, 0.25) is 0 Å². The van der Waals surface area contributed by atoms with Gasteiger partial charge in [0.15, 0.2) is 11.6 Å². The van der Waals surface area contributed by atoms with Crippen molar-refractivity contribution in [2.45, 2.75) is 6.92 Å². The second kappa shape index (κ2) is 4.71. The number of rotatable bonds is 4. The van der Waals surface area contributed by atoms with Gasteiger partial charge < -0.3 is 4.18 Å². The molecule has 0 aliphatic carbocycles. The summed E-state index contributed by atoms with van der Waals surface area (Å²) in [6, 6.07) is 0.583. The monoisotopic (exact) mass is 256 g/mol. The number of hydrogen-bond acceptors (Lipinski definition) is 4. The van der Waals surface area contributed by atoms with Gasteiger partial charge in [0.05, 0.1) is 6.61 Å². The Morgan fingerprint density at radius 3 is 2.12 bits per heavy atom. The smallest absolute Gasteiger partial charge is 0.355 e. The van der Waals surface area contributed by atoms with E-state index < -0.39 is 33.6 Å². The number of halogens is 3. The predicted octanol–water partition coefficient (Wildman–Crippen LogP) is 1.76. The lowest BCUT2D eigenvalue weighted by Gasteiger charge is -2.07. The molecule has 0 radical (unpaired) electrons. The standard InChI is InChI=1S/C8H7F3O4S/c1-2-14-16(12,13)15-8-6(10)3-5(9)4-7(8)11/h3-4H,2H2,1H3. The fourth-order valence-electron chi connectivity index (χ4n) is 0.879. The summed E-state index contributed by atoms with van der Waals surface area (Å²) in [7, 11) is -4.54. The Morgan fingerprint density at radius 2 is 1.69 bits per heavy atom. The molecule has 0 N–H and O–H groups in total. The maximum atomic E-state index is 13.0. The van der Waals surface area contributed by atoms with E-state index in [2.05, 4.69) is 8.37 Å². The minimum atomic E-state index is -4.54. The van der Waals surface area contributed by atoms with Gasteiger partial charge in [-0.05, 0) is 6.92 Å². The molecule has 1 rings (SSSR count). The van der Waals surface area contributed by atoms with Gasteiger partial charge in [0.2, 0.25) is 5.75 Å². The van der Waals surface area contributed by atoms with Gasteiger partial charge in [-0.2, -0.15) is 8.42 Å². The maximum absolute atomic E-state index is 13.0. The van der Waals surface area contributed by atoms with Crippen LogP contribution in [0.25, 0.3) is 0 Å². The van der Waals surface area contributed by atoms with Crippen molar-refractivity contribution in [1.29, 1.82) is 0 Å². The van der Waals surface area contributed by atoms with Crippen molar-refractivity contribution in [3.63, 3.8) is 0 Å². The van der Waals surface area contributed by atoms with Crippen molar-refractivity contribution in [3.05, 3.63) is 29.6 Å². The van der Waals surface area contributed by atoms with Crippen LogP contribution in [0.15, 0.2) is 12.1 Å². The van der Waals surface area contributed by atoms with Crippen LogP contribution in [0.5, 0.6) is 5.75 Å². The van der Waals surface area contributed by atoms with E-state index in [1.807, 2.05) is 0 Å². The van der Waals surface area contributed by atoms with Crippen molar-refractivity contribution in [2.75, 3.05) is 6.61 Å². The Labute approximate surface area is 89.9 Å². The highest BCUT2D eigenvalue weighted by Crippen LogP contribution is 2.24. The number of hydrogen-bond donors (Lipinski definition) is 0. The van der Waals surface area contributed by atoms with Crippen LogP contribution in [-0.2, 0) is 14.6 Å². The third kappa shape index (κ3) is 3.11. The molecule has 0 aromatic heterocycles. The predicted molar refractivity (Wildman–Crippen MR) is 47.5 cm³/mol. The summed E-state index contributed by atoms with van der Waals surface area (Å²) in [5.74, 6) is -5.35. The lowest BCUT2D eigenvalue weighted by atomic mass is 10.3. The third-order valence-corrected chi connectivity index (χ3v) is 2.31. The molecule has 0 bridgehead atoms. The second-order valence-corrected chi connectivity index (χ2v) is 3.82. The minimum Gasteiger partial charge on any atom is -0.355 e. The Hall–Kier alpha value is -1.28. The van der Waals surface area contributed by atoms with E-state index in [9.17, 15) is 21.6 Å². The van der Waals surface area contributed by atoms with E-state index in [1.54, 1.807) is 0 Å². The molecule has 0 unspecified atom stereocenters. The summed E-state index contributed by atoms with van der Waals surface area (Å²) in [5.41, 5.74) is 0. The topological polar surface area (TPSA) is 52.6 Å². The molecule has 0 saturated heterocycles. The molecule has 0 aliphatic heterocycles. The second-order valence-electron chi connectivity index (χ2n) is 2.60. The molecule has 90 valence electrons. The van der Waals surface area contributed by atoms with Crippen molar-refractivity contribution in [2.24, 2.45) is 0 Å². The first-order chi connectivity index (χ1) is 7.35. The van der Waals surface area contributed by atoms with Crippen LogP contribution in [0, 0.1) is 17.5 Å². The molecular formula is C8H7F3O4S. The summed E-state index contributed by atoms with van der Waals surface area (Å²) < 4.78 is 68.3. The van der Waals surface area contributed by atoms with Gasteiger partial charge in [0.25, 0.3) is 0 Å². The van der Waals surface area contributed by atoms with Gasteiger partial charge >= 0.3 is 10.4 Å². The SMILES string of the molecule is CCOS(=O)(=O)Oc1c(F)cc(F)cc1F. The van der Waals surface area contributed by atoms with Gasteiger partial charge in [0.1, 0.15) is 5.82 Å². The highest BCUT2D eigenvalue weighted by Gasteiger charge is 2.20. The van der Waals surface area contributed by atoms with Gasteiger partial charge in [-0.25, -0.2) is 17.4 Å². The van der Waals surface area contributed by atoms with Crippen molar-refractivity contribution in [3.8, 4) is 5.75 Å². The molecule has 0 atom stereocenters. The molecule has 0 fully saturated rings. The average molecular weight is 256 g/mol. The van der Waals surface area contributed by atoms with Gasteiger partial charge in [-0.1, -0.05) is 0 Å². The summed E-state index contributed by atoms with van der Waals surface area (Å²) in [6.45, 7) is 1.09. The van der Waals surface area contributed by atoms with Crippen molar-refractivity contribution >= 4 is 10.4 Å². The minimum absolute atomic E-state index is 0.257. The van der Waals surface area contributed by atoms with E-state index in [0.29, 0.717) is 12.1 Å². The zero-order valence-corrected chi connectivity index (χ0v) is 8.85. The van der Waals surface area contributed by atoms with E-state index in [0.717, 1.165) is 0 Å². The lowest BCUT2D eigenvalue weighted by Crippen LogP contribution is -2.14. The Kier molecular flexibility index (Phi) is 3.76. The van der Waals surface area contributed by atoms with Gasteiger partial charge in [0, 0.05) is 12.1 Å². The molecule has 0 saturated carbocycles. The van der Waals surface area contributed by atoms with E-state index in [-0.39, 0.29) is 6.61 Å². The molecular weight excluding hydrogens is 249 g/mol. The molecule has 1 aromatic rings. The molecule has 0 aliphatic rings. The van der Waals surface area contributed by atoms with Crippen molar-refractivity contribution in [1.82, 2.24) is 0 Å². The molecule has 0 spiro atoms. The molecule has 0 amide bonds. The summed E-state index contributed by atoms with van der Waals surface area (Å²) in [4.78, 5) is 0. The third-order valence-electron chi connectivity index (χ3n) is 1.41. The fourth-order valence-corrected chi connectivity index (χ4v) is 1.58. The van der Waals surface area contributed by atoms with Crippen LogP contribution < -0.4 is 4.18 Å². The fraction of sp³-hybridized carbons (Fsp3) is 0.250. The zero-order chi connectivity index (χ0) is 12.3. The Balaban J connectivity index is 3.07. The summed E-state index contributed by atoms with van der Waals surface area (Å²) in [6.07, 6.45) is 0. The Morgan fingerprint density at radius 1 is 1.19 bits per heavy atom. The highest BCUT2D eigenvalue weighted by atomic mass is 32.3. The Bertz CT molecular complexity index is 463. The largest absolute Gasteiger partial charge is 0.449 e. The van der Waals surface area contributed by atoms with E-state index in [4.69, 9.17) is 0 Å². The van der Waals surface area contributed by atoms with Crippen LogP contribution in [0.1, 0.15) is 6.92 Å². The lowest BCUT2D eigenvalue weighted by molar-refractivity contribution is 0.280. The summed E-state index contributed by atoms with van der Waals surface area (Å²) in [5, 5.41) is 0. The average Bonchev–Trinajstić information content (AvgIpc) is 2.11.